The first-order chi connectivity index (χ1) is 12.1. The maximum absolute atomic E-state index is 12.2. The van der Waals surface area contributed by atoms with Crippen LogP contribution in [0.15, 0.2) is 47.8 Å². The van der Waals surface area contributed by atoms with Gasteiger partial charge < -0.3 is 19.6 Å². The van der Waals surface area contributed by atoms with Gasteiger partial charge in [0.05, 0.1) is 11.4 Å². The number of fused-ring (bicyclic) bond motifs is 4. The third-order valence-electron chi connectivity index (χ3n) is 4.64. The molecule has 2 aromatic rings. The number of hydrogen-bond acceptors (Lipinski definition) is 5. The van der Waals surface area contributed by atoms with E-state index in [2.05, 4.69) is 0 Å². The van der Waals surface area contributed by atoms with Gasteiger partial charge in [-0.1, -0.05) is 24.3 Å². The third kappa shape index (κ3) is 2.37. The summed E-state index contributed by atoms with van der Waals surface area (Å²) in [6.45, 7) is 3.06. The van der Waals surface area contributed by atoms with Crippen molar-refractivity contribution in [1.82, 2.24) is 0 Å². The van der Waals surface area contributed by atoms with Gasteiger partial charge in [-0.15, -0.1) is 0 Å². The van der Waals surface area contributed by atoms with Crippen molar-refractivity contribution in [1.29, 1.82) is 0 Å². The van der Waals surface area contributed by atoms with Gasteiger partial charge in [0, 0.05) is 19.6 Å². The molecular formula is C19H18N2O4. The molecule has 2 aliphatic heterocycles. The van der Waals surface area contributed by atoms with E-state index in [9.17, 15) is 14.7 Å². The quantitative estimate of drug-likeness (QED) is 0.865. The molecule has 0 unspecified atom stereocenters. The van der Waals surface area contributed by atoms with Crippen LogP contribution in [0.4, 0.5) is 11.4 Å². The summed E-state index contributed by atoms with van der Waals surface area (Å²) in [6, 6.07) is 12.1. The molecule has 0 amide bonds. The molecule has 6 heteroatoms. The maximum Gasteiger partial charge on any atom is 0.343 e. The van der Waals surface area contributed by atoms with Gasteiger partial charge in [-0.2, -0.15) is 0 Å². The summed E-state index contributed by atoms with van der Waals surface area (Å²) in [5.74, 6) is -1.11. The van der Waals surface area contributed by atoms with E-state index >= 15 is 0 Å². The Balaban J connectivity index is 1.96. The number of anilines is 2. The van der Waals surface area contributed by atoms with Gasteiger partial charge in [0.15, 0.2) is 5.78 Å². The molecule has 0 spiro atoms. The fraction of sp³-hybridized carbons (Fsp3) is 0.263. The number of carbonyl (C=O) groups excluding carboxylic acids is 1. The number of ether oxygens (including phenoxy) is 1. The van der Waals surface area contributed by atoms with Crippen LogP contribution in [0.1, 0.15) is 13.3 Å². The van der Waals surface area contributed by atoms with Gasteiger partial charge in [-0.25, -0.2) is 4.79 Å². The fourth-order valence-electron chi connectivity index (χ4n) is 3.51. The molecule has 0 atom stereocenters. The molecule has 0 bridgehead atoms. The zero-order chi connectivity index (χ0) is 17.6. The number of hydrogen-bond donors (Lipinski definition) is 1. The van der Waals surface area contributed by atoms with Crippen molar-refractivity contribution in [2.45, 2.75) is 13.3 Å². The summed E-state index contributed by atoms with van der Waals surface area (Å²) in [6.07, 6.45) is 0.194. The first-order valence-electron chi connectivity index (χ1n) is 8.28. The molecule has 2 aliphatic rings. The van der Waals surface area contributed by atoms with E-state index in [1.807, 2.05) is 48.2 Å². The van der Waals surface area contributed by atoms with Crippen molar-refractivity contribution in [2.75, 3.05) is 29.7 Å². The molecule has 0 radical (unpaired) electrons. The van der Waals surface area contributed by atoms with Gasteiger partial charge in [-0.05, 0) is 29.8 Å². The van der Waals surface area contributed by atoms with E-state index in [0.29, 0.717) is 19.0 Å². The maximum atomic E-state index is 12.2. The lowest BCUT2D eigenvalue weighted by Gasteiger charge is -2.29. The summed E-state index contributed by atoms with van der Waals surface area (Å²) >= 11 is 0. The van der Waals surface area contributed by atoms with Crippen LogP contribution in [0, 0.1) is 0 Å². The predicted molar refractivity (Wildman–Crippen MR) is 94.6 cm³/mol. The number of rotatable bonds is 4. The summed E-state index contributed by atoms with van der Waals surface area (Å²) in [5.41, 5.74) is 1.63. The summed E-state index contributed by atoms with van der Waals surface area (Å²) < 4.78 is 5.56. The van der Waals surface area contributed by atoms with Crippen LogP contribution in [0.5, 0.6) is 0 Å². The normalized spacial score (nSPS) is 16.4. The van der Waals surface area contributed by atoms with Crippen molar-refractivity contribution in [3.8, 4) is 0 Å². The topological polar surface area (TPSA) is 70.1 Å². The highest BCUT2D eigenvalue weighted by atomic mass is 16.5. The SMILES string of the molecule is CCOCN1C2=C(C(=O)O)C(=O)CCN2c2cc3ccccc3cc21. The van der Waals surface area contributed by atoms with Crippen molar-refractivity contribution in [3.05, 3.63) is 47.8 Å². The van der Waals surface area contributed by atoms with Crippen LogP contribution in [-0.4, -0.2) is 36.7 Å². The number of ketones is 1. The molecule has 2 heterocycles. The minimum absolute atomic E-state index is 0.161. The van der Waals surface area contributed by atoms with Gasteiger partial charge in [0.1, 0.15) is 18.1 Å². The molecule has 128 valence electrons. The van der Waals surface area contributed by atoms with Crippen LogP contribution in [-0.2, 0) is 14.3 Å². The number of Topliss-reactive ketones (excluding diaryl/α,β-unsaturated/α-hetero) is 1. The zero-order valence-electron chi connectivity index (χ0n) is 13.9. The Kier molecular flexibility index (Phi) is 3.69. The third-order valence-corrected chi connectivity index (χ3v) is 4.64. The first-order valence-corrected chi connectivity index (χ1v) is 8.28. The minimum atomic E-state index is -1.19. The highest BCUT2D eigenvalue weighted by Crippen LogP contribution is 2.46. The number of aliphatic carboxylic acids is 1. The highest BCUT2D eigenvalue weighted by molar-refractivity contribution is 6.20. The first kappa shape index (κ1) is 15.7. The van der Waals surface area contributed by atoms with Crippen LogP contribution in [0.2, 0.25) is 0 Å². The zero-order valence-corrected chi connectivity index (χ0v) is 13.9. The second-order valence-electron chi connectivity index (χ2n) is 6.07. The van der Waals surface area contributed by atoms with E-state index < -0.39 is 5.97 Å². The minimum Gasteiger partial charge on any atom is -0.477 e. The van der Waals surface area contributed by atoms with Crippen molar-refractivity contribution < 1.29 is 19.4 Å². The Morgan fingerprint density at radius 1 is 1.20 bits per heavy atom. The lowest BCUT2D eigenvalue weighted by Crippen LogP contribution is -2.39. The largest absolute Gasteiger partial charge is 0.477 e. The Hall–Kier alpha value is -2.86. The molecule has 1 N–H and O–H groups in total. The number of nitrogens with zero attached hydrogens (tertiary/aromatic N) is 2. The molecule has 2 aromatic carbocycles. The van der Waals surface area contributed by atoms with E-state index in [0.717, 1.165) is 22.1 Å². The van der Waals surface area contributed by atoms with Gasteiger partial charge in [0.25, 0.3) is 0 Å². The highest BCUT2D eigenvalue weighted by Gasteiger charge is 2.41. The predicted octanol–water partition coefficient (Wildman–Crippen LogP) is 2.73. The van der Waals surface area contributed by atoms with Crippen LogP contribution >= 0.6 is 0 Å². The van der Waals surface area contributed by atoms with Crippen LogP contribution < -0.4 is 9.80 Å². The molecule has 25 heavy (non-hydrogen) atoms. The van der Waals surface area contributed by atoms with Crippen molar-refractivity contribution >= 4 is 33.9 Å². The molecule has 0 saturated carbocycles. The molecule has 0 saturated heterocycles. The molecule has 0 fully saturated rings. The Morgan fingerprint density at radius 2 is 1.88 bits per heavy atom. The Labute approximate surface area is 144 Å². The second-order valence-corrected chi connectivity index (χ2v) is 6.07. The van der Waals surface area contributed by atoms with Crippen molar-refractivity contribution in [2.24, 2.45) is 0 Å². The lowest BCUT2D eigenvalue weighted by molar-refractivity contribution is -0.134. The molecule has 0 aliphatic carbocycles. The van der Waals surface area contributed by atoms with E-state index in [-0.39, 0.29) is 24.5 Å². The number of carboxylic acids is 1. The lowest BCUT2D eigenvalue weighted by atomic mass is 10.0. The summed E-state index contributed by atoms with van der Waals surface area (Å²) in [4.78, 5) is 27.7. The van der Waals surface area contributed by atoms with E-state index in [1.54, 1.807) is 4.90 Å². The Bertz CT molecular complexity index is 919. The van der Waals surface area contributed by atoms with Gasteiger partial charge >= 0.3 is 5.97 Å². The van der Waals surface area contributed by atoms with Crippen molar-refractivity contribution in [3.63, 3.8) is 0 Å². The van der Waals surface area contributed by atoms with Crippen LogP contribution in [0.25, 0.3) is 10.8 Å². The molecule has 0 aromatic heterocycles. The second kappa shape index (κ2) is 5.89. The van der Waals surface area contributed by atoms with E-state index in [1.165, 1.54) is 0 Å². The van der Waals surface area contributed by atoms with Gasteiger partial charge in [0.2, 0.25) is 0 Å². The molecule has 4 rings (SSSR count). The average molecular weight is 338 g/mol. The summed E-state index contributed by atoms with van der Waals surface area (Å²) in [7, 11) is 0. The van der Waals surface area contributed by atoms with Gasteiger partial charge in [-0.3, -0.25) is 4.79 Å². The molecule has 6 nitrogen and oxygen atoms in total. The smallest absolute Gasteiger partial charge is 0.343 e. The number of benzene rings is 2. The number of carboxylic acid groups (broad SMARTS) is 1. The average Bonchev–Trinajstić information content (AvgIpc) is 2.90. The standard InChI is InChI=1S/C19H18N2O4/c1-2-25-11-21-15-10-13-6-4-3-5-12(13)9-14(15)20-8-7-16(22)17(18(20)21)19(23)24/h3-6,9-10H,2,7-8,11H2,1H3,(H,23,24). The molecular weight excluding hydrogens is 320 g/mol. The van der Waals surface area contributed by atoms with E-state index in [4.69, 9.17) is 4.74 Å². The Morgan fingerprint density at radius 3 is 2.52 bits per heavy atom. The number of carbonyl (C=O) groups is 2. The fourth-order valence-corrected chi connectivity index (χ4v) is 3.51. The monoisotopic (exact) mass is 338 g/mol. The summed E-state index contributed by atoms with van der Waals surface area (Å²) in [5, 5.41) is 11.7. The van der Waals surface area contributed by atoms with Crippen LogP contribution in [0.3, 0.4) is 0 Å².